The van der Waals surface area contributed by atoms with E-state index >= 15 is 0 Å². The van der Waals surface area contributed by atoms with Crippen LogP contribution in [-0.2, 0) is 11.3 Å². The maximum Gasteiger partial charge on any atom is 0.126 e. The van der Waals surface area contributed by atoms with E-state index in [0.717, 1.165) is 42.8 Å². The van der Waals surface area contributed by atoms with Crippen molar-refractivity contribution in [2.24, 2.45) is 0 Å². The van der Waals surface area contributed by atoms with Crippen LogP contribution in [0, 0.1) is 0 Å². The maximum atomic E-state index is 6.25. The topological polar surface area (TPSA) is 37.4 Å². The van der Waals surface area contributed by atoms with Gasteiger partial charge in [0, 0.05) is 32.8 Å². The molecule has 0 amide bonds. The van der Waals surface area contributed by atoms with Crippen LogP contribution in [0.1, 0.15) is 25.5 Å². The summed E-state index contributed by atoms with van der Waals surface area (Å²) < 4.78 is 5.17. The second-order valence-corrected chi connectivity index (χ2v) is 5.26. The Morgan fingerprint density at radius 2 is 2.26 bits per heavy atom. The van der Waals surface area contributed by atoms with E-state index in [0.29, 0.717) is 6.04 Å². The fourth-order valence-corrected chi connectivity index (χ4v) is 2.27. The molecule has 1 fully saturated rings. The summed E-state index contributed by atoms with van der Waals surface area (Å²) in [4.78, 5) is 7.00. The summed E-state index contributed by atoms with van der Waals surface area (Å²) in [6.45, 7) is 5.41. The van der Waals surface area contributed by atoms with E-state index in [9.17, 15) is 0 Å². The molecular formula is C14H22ClN3O. The zero-order valence-electron chi connectivity index (χ0n) is 11.7. The van der Waals surface area contributed by atoms with E-state index in [-0.39, 0.29) is 0 Å². The number of hydrogen-bond donors (Lipinski definition) is 1. The molecule has 4 nitrogen and oxygen atoms in total. The zero-order chi connectivity index (χ0) is 13.7. The Kier molecular flexibility index (Phi) is 5.43. The van der Waals surface area contributed by atoms with E-state index in [4.69, 9.17) is 16.3 Å². The highest BCUT2D eigenvalue weighted by molar-refractivity contribution is 6.31. The minimum atomic E-state index is 0.677. The number of halogens is 1. The molecular weight excluding hydrogens is 262 g/mol. The van der Waals surface area contributed by atoms with Crippen molar-refractivity contribution < 1.29 is 4.74 Å². The van der Waals surface area contributed by atoms with Gasteiger partial charge in [-0.15, -0.1) is 0 Å². The molecule has 0 saturated heterocycles. The minimum absolute atomic E-state index is 0.677. The Morgan fingerprint density at radius 1 is 1.47 bits per heavy atom. The number of ether oxygens (including phenoxy) is 1. The normalized spacial score (nSPS) is 14.9. The van der Waals surface area contributed by atoms with Gasteiger partial charge in [-0.1, -0.05) is 11.6 Å². The number of nitrogens with zero attached hydrogens (tertiary/aromatic N) is 2. The van der Waals surface area contributed by atoms with Crippen molar-refractivity contribution in [2.45, 2.75) is 32.4 Å². The van der Waals surface area contributed by atoms with Gasteiger partial charge < -0.3 is 10.1 Å². The Morgan fingerprint density at radius 3 is 2.89 bits per heavy atom. The number of anilines is 1. The predicted octanol–water partition coefficient (Wildman–Crippen LogP) is 2.78. The molecule has 1 heterocycles. The summed E-state index contributed by atoms with van der Waals surface area (Å²) in [6.07, 6.45) is 2.54. The van der Waals surface area contributed by atoms with Crippen LogP contribution in [0.15, 0.2) is 12.1 Å². The van der Waals surface area contributed by atoms with Crippen LogP contribution in [0.3, 0.4) is 0 Å². The first kappa shape index (κ1) is 14.6. The van der Waals surface area contributed by atoms with E-state index in [2.05, 4.69) is 22.1 Å². The summed E-state index contributed by atoms with van der Waals surface area (Å²) in [5.41, 5.74) is 0.947. The molecule has 5 heteroatoms. The van der Waals surface area contributed by atoms with Gasteiger partial charge in [0.1, 0.15) is 5.82 Å². The first-order valence-electron chi connectivity index (χ1n) is 6.87. The van der Waals surface area contributed by atoms with Gasteiger partial charge in [-0.3, -0.25) is 4.90 Å². The first-order valence-corrected chi connectivity index (χ1v) is 7.24. The van der Waals surface area contributed by atoms with E-state index in [1.165, 1.54) is 12.8 Å². The number of methoxy groups -OCH3 is 1. The van der Waals surface area contributed by atoms with E-state index in [1.807, 2.05) is 12.1 Å². The fraction of sp³-hybridized carbons (Fsp3) is 0.643. The van der Waals surface area contributed by atoms with Gasteiger partial charge in [-0.25, -0.2) is 4.98 Å². The van der Waals surface area contributed by atoms with Crippen molar-refractivity contribution in [1.82, 2.24) is 9.88 Å². The summed E-state index contributed by atoms with van der Waals surface area (Å²) in [7, 11) is 1.74. The van der Waals surface area contributed by atoms with E-state index in [1.54, 1.807) is 7.11 Å². The van der Waals surface area contributed by atoms with Gasteiger partial charge in [0.2, 0.25) is 0 Å². The van der Waals surface area contributed by atoms with Crippen molar-refractivity contribution >= 4 is 17.4 Å². The molecule has 0 spiro atoms. The van der Waals surface area contributed by atoms with Gasteiger partial charge in [0.25, 0.3) is 0 Å². The summed E-state index contributed by atoms with van der Waals surface area (Å²) >= 11 is 6.25. The number of pyridine rings is 1. The molecule has 19 heavy (non-hydrogen) atoms. The molecule has 1 aliphatic carbocycles. The highest BCUT2D eigenvalue weighted by Crippen LogP contribution is 2.29. The molecule has 0 atom stereocenters. The molecule has 1 saturated carbocycles. The lowest BCUT2D eigenvalue weighted by atomic mass is 10.3. The molecule has 1 aromatic heterocycles. The van der Waals surface area contributed by atoms with Crippen LogP contribution in [0.4, 0.5) is 5.82 Å². The lowest BCUT2D eigenvalue weighted by molar-refractivity contribution is 0.139. The summed E-state index contributed by atoms with van der Waals surface area (Å²) in [5, 5.41) is 3.96. The Labute approximate surface area is 120 Å². The average Bonchev–Trinajstić information content (AvgIpc) is 3.22. The molecule has 106 valence electrons. The lowest BCUT2D eigenvalue weighted by Crippen LogP contribution is -2.29. The number of hydrogen-bond acceptors (Lipinski definition) is 4. The van der Waals surface area contributed by atoms with Crippen LogP contribution < -0.4 is 5.32 Å². The summed E-state index contributed by atoms with van der Waals surface area (Å²) in [6, 6.07) is 4.52. The second kappa shape index (κ2) is 7.08. The first-order chi connectivity index (χ1) is 9.24. The fourth-order valence-electron chi connectivity index (χ4n) is 2.11. The molecule has 2 rings (SSSR count). The molecule has 1 aliphatic rings. The monoisotopic (exact) mass is 283 g/mol. The maximum absolute atomic E-state index is 6.25. The van der Waals surface area contributed by atoms with Gasteiger partial charge in [-0.2, -0.15) is 0 Å². The van der Waals surface area contributed by atoms with Crippen LogP contribution in [0.25, 0.3) is 0 Å². The number of aromatic nitrogens is 1. The van der Waals surface area contributed by atoms with Crippen LogP contribution in [-0.4, -0.2) is 42.7 Å². The molecule has 0 aliphatic heterocycles. The SMILES string of the molecule is CCNc1ccc(Cl)c(CN(CCOC)C2CC2)n1. The Bertz CT molecular complexity index is 410. The van der Waals surface area contributed by atoms with Crippen molar-refractivity contribution in [3.63, 3.8) is 0 Å². The zero-order valence-corrected chi connectivity index (χ0v) is 12.4. The van der Waals surface area contributed by atoms with Crippen LogP contribution in [0.2, 0.25) is 5.02 Å². The van der Waals surface area contributed by atoms with Crippen molar-refractivity contribution in [2.75, 3.05) is 32.1 Å². The van der Waals surface area contributed by atoms with Gasteiger partial charge >= 0.3 is 0 Å². The molecule has 1 aromatic rings. The third-order valence-corrected chi connectivity index (χ3v) is 3.62. The molecule has 1 N–H and O–H groups in total. The Balaban J connectivity index is 2.04. The van der Waals surface area contributed by atoms with Gasteiger partial charge in [0.05, 0.1) is 17.3 Å². The highest BCUT2D eigenvalue weighted by atomic mass is 35.5. The smallest absolute Gasteiger partial charge is 0.126 e. The second-order valence-electron chi connectivity index (χ2n) is 4.85. The summed E-state index contributed by atoms with van der Waals surface area (Å²) in [5.74, 6) is 0.893. The van der Waals surface area contributed by atoms with Gasteiger partial charge in [-0.05, 0) is 31.9 Å². The lowest BCUT2D eigenvalue weighted by Gasteiger charge is -2.21. The number of nitrogens with one attached hydrogen (secondary N) is 1. The van der Waals surface area contributed by atoms with Crippen LogP contribution in [0.5, 0.6) is 0 Å². The molecule has 0 unspecified atom stereocenters. The van der Waals surface area contributed by atoms with Crippen LogP contribution >= 0.6 is 11.6 Å². The molecule has 0 bridgehead atoms. The predicted molar refractivity (Wildman–Crippen MR) is 78.7 cm³/mol. The van der Waals surface area contributed by atoms with E-state index < -0.39 is 0 Å². The van der Waals surface area contributed by atoms with Crippen molar-refractivity contribution in [1.29, 1.82) is 0 Å². The molecule has 0 aromatic carbocycles. The highest BCUT2D eigenvalue weighted by Gasteiger charge is 2.29. The average molecular weight is 284 g/mol. The third-order valence-electron chi connectivity index (χ3n) is 3.28. The van der Waals surface area contributed by atoms with Gasteiger partial charge in [0.15, 0.2) is 0 Å². The quantitative estimate of drug-likeness (QED) is 0.796. The number of rotatable bonds is 8. The van der Waals surface area contributed by atoms with Crippen molar-refractivity contribution in [3.8, 4) is 0 Å². The minimum Gasteiger partial charge on any atom is -0.383 e. The largest absolute Gasteiger partial charge is 0.383 e. The molecule has 0 radical (unpaired) electrons. The Hall–Kier alpha value is -0.840. The van der Waals surface area contributed by atoms with Crippen molar-refractivity contribution in [3.05, 3.63) is 22.8 Å². The standard InChI is InChI=1S/C14H22ClN3O/c1-3-16-14-7-6-12(15)13(17-14)10-18(8-9-19-2)11-4-5-11/h6-7,11H,3-5,8-10H2,1-2H3,(H,16,17). The third kappa shape index (κ3) is 4.34.